The van der Waals surface area contributed by atoms with Crippen LogP contribution in [0.2, 0.25) is 0 Å². The van der Waals surface area contributed by atoms with Gasteiger partial charge in [-0.05, 0) is 57.9 Å². The molecule has 0 spiro atoms. The van der Waals surface area contributed by atoms with E-state index in [1.165, 1.54) is 5.57 Å². The molecule has 5 nitrogen and oxygen atoms in total. The van der Waals surface area contributed by atoms with Crippen LogP contribution in [-0.2, 0) is 14.3 Å². The molecule has 1 rings (SSSR count). The van der Waals surface area contributed by atoms with Crippen molar-refractivity contribution in [1.82, 2.24) is 0 Å². The third kappa shape index (κ3) is 6.25. The van der Waals surface area contributed by atoms with Gasteiger partial charge in [0.1, 0.15) is 18.1 Å². The molecule has 0 saturated carbocycles. The molecular formula is C20H29NO4. The van der Waals surface area contributed by atoms with Gasteiger partial charge in [-0.2, -0.15) is 0 Å². The molecule has 25 heavy (non-hydrogen) atoms. The Balaban J connectivity index is 3.04. The van der Waals surface area contributed by atoms with Crippen molar-refractivity contribution >= 4 is 17.9 Å². The summed E-state index contributed by atoms with van der Waals surface area (Å²) in [5.41, 5.74) is 1.04. The molecule has 5 heteroatoms. The van der Waals surface area contributed by atoms with Crippen LogP contribution in [0.25, 0.3) is 0 Å². The maximum Gasteiger partial charge on any atom is 0.329 e. The highest BCUT2D eigenvalue weighted by molar-refractivity contribution is 5.85. The van der Waals surface area contributed by atoms with E-state index in [4.69, 9.17) is 9.47 Å². The molecule has 0 fully saturated rings. The van der Waals surface area contributed by atoms with Crippen LogP contribution in [0.5, 0.6) is 5.75 Å². The Morgan fingerprint density at radius 2 is 1.92 bits per heavy atom. The number of carbonyl (C=O) groups is 2. The van der Waals surface area contributed by atoms with Crippen LogP contribution < -0.4 is 10.1 Å². The molecule has 0 amide bonds. The molecule has 0 saturated heterocycles. The number of rotatable bonds is 10. The first-order valence-electron chi connectivity index (χ1n) is 8.53. The minimum atomic E-state index is -0.877. The van der Waals surface area contributed by atoms with Crippen LogP contribution in [0.1, 0.15) is 40.5 Å². The van der Waals surface area contributed by atoms with Crippen molar-refractivity contribution in [3.8, 4) is 5.75 Å². The zero-order chi connectivity index (χ0) is 18.9. The van der Waals surface area contributed by atoms with Crippen molar-refractivity contribution in [3.05, 3.63) is 35.9 Å². The second-order valence-corrected chi connectivity index (χ2v) is 6.50. The summed E-state index contributed by atoms with van der Waals surface area (Å²) >= 11 is 0. The van der Waals surface area contributed by atoms with Crippen molar-refractivity contribution in [2.24, 2.45) is 5.41 Å². The number of hydrogen-bond acceptors (Lipinski definition) is 5. The Morgan fingerprint density at radius 3 is 2.40 bits per heavy atom. The lowest BCUT2D eigenvalue weighted by Crippen LogP contribution is -2.46. The number of methoxy groups -OCH3 is 1. The topological polar surface area (TPSA) is 64.6 Å². The quantitative estimate of drug-likeness (QED) is 0.394. The molecule has 0 aliphatic heterocycles. The molecule has 1 aromatic rings. The highest BCUT2D eigenvalue weighted by atomic mass is 16.5. The number of benzene rings is 1. The third-order valence-electron chi connectivity index (χ3n) is 4.09. The van der Waals surface area contributed by atoms with Crippen LogP contribution in [0, 0.1) is 5.41 Å². The van der Waals surface area contributed by atoms with E-state index in [1.807, 2.05) is 26.0 Å². The molecule has 1 aromatic carbocycles. The predicted molar refractivity (Wildman–Crippen MR) is 99.9 cm³/mol. The monoisotopic (exact) mass is 347 g/mol. The van der Waals surface area contributed by atoms with Gasteiger partial charge in [0.15, 0.2) is 0 Å². The van der Waals surface area contributed by atoms with Crippen LogP contribution in [-0.4, -0.2) is 32.0 Å². The zero-order valence-corrected chi connectivity index (χ0v) is 15.8. The number of ether oxygens (including phenoxy) is 2. The van der Waals surface area contributed by atoms with E-state index in [2.05, 4.69) is 11.4 Å². The lowest BCUT2D eigenvalue weighted by Gasteiger charge is -2.32. The summed E-state index contributed by atoms with van der Waals surface area (Å²) < 4.78 is 10.3. The first-order chi connectivity index (χ1) is 11.9. The first kappa shape index (κ1) is 20.7. The van der Waals surface area contributed by atoms with Gasteiger partial charge in [-0.25, -0.2) is 4.79 Å². The van der Waals surface area contributed by atoms with Gasteiger partial charge < -0.3 is 19.6 Å². The van der Waals surface area contributed by atoms with Gasteiger partial charge in [0.05, 0.1) is 19.1 Å². The minimum Gasteiger partial charge on any atom is -0.497 e. The highest BCUT2D eigenvalue weighted by Crippen LogP contribution is 2.30. The zero-order valence-electron chi connectivity index (χ0n) is 15.8. The number of anilines is 1. The summed E-state index contributed by atoms with van der Waals surface area (Å²) in [5.74, 6) is 0.296. The van der Waals surface area contributed by atoms with Crippen LogP contribution >= 0.6 is 0 Å². The molecule has 0 aliphatic carbocycles. The fourth-order valence-electron chi connectivity index (χ4n) is 2.52. The molecular weight excluding hydrogens is 318 g/mol. The molecule has 138 valence electrons. The second-order valence-electron chi connectivity index (χ2n) is 6.50. The average Bonchev–Trinajstić information content (AvgIpc) is 2.59. The average molecular weight is 347 g/mol. The largest absolute Gasteiger partial charge is 0.497 e. The van der Waals surface area contributed by atoms with E-state index < -0.39 is 17.4 Å². The molecule has 2 atom stereocenters. The highest BCUT2D eigenvalue weighted by Gasteiger charge is 2.39. The van der Waals surface area contributed by atoms with Gasteiger partial charge in [-0.1, -0.05) is 18.6 Å². The third-order valence-corrected chi connectivity index (χ3v) is 4.09. The van der Waals surface area contributed by atoms with E-state index >= 15 is 0 Å². The SMILES string of the molecule is CCOC(=O)[C@@H](Nc1ccc(OC)cc1)[C@@](C)(C=O)CCC=C(C)C. The molecule has 0 aliphatic rings. The lowest BCUT2D eigenvalue weighted by molar-refractivity contribution is -0.148. The molecule has 0 bridgehead atoms. The predicted octanol–water partition coefficient (Wildman–Crippen LogP) is 3.99. The Labute approximate surface area is 150 Å². The Kier molecular flexibility index (Phi) is 8.19. The van der Waals surface area contributed by atoms with Gasteiger partial charge in [0, 0.05) is 5.69 Å². The van der Waals surface area contributed by atoms with Gasteiger partial charge >= 0.3 is 5.97 Å². The maximum atomic E-state index is 12.5. The van der Waals surface area contributed by atoms with E-state index in [9.17, 15) is 9.59 Å². The summed E-state index contributed by atoms with van der Waals surface area (Å²) in [6.07, 6.45) is 4.19. The summed E-state index contributed by atoms with van der Waals surface area (Å²) in [7, 11) is 1.59. The normalized spacial score (nSPS) is 14.0. The van der Waals surface area contributed by atoms with E-state index in [0.29, 0.717) is 6.42 Å². The number of aldehydes is 1. The Bertz CT molecular complexity index is 590. The molecule has 0 unspecified atom stereocenters. The fourth-order valence-corrected chi connectivity index (χ4v) is 2.52. The van der Waals surface area contributed by atoms with Gasteiger partial charge in [-0.15, -0.1) is 0 Å². The van der Waals surface area contributed by atoms with Crippen LogP contribution in [0.3, 0.4) is 0 Å². The van der Waals surface area contributed by atoms with E-state index in [0.717, 1.165) is 24.1 Å². The first-order valence-corrected chi connectivity index (χ1v) is 8.53. The summed E-state index contributed by atoms with van der Waals surface area (Å²) in [5, 5.41) is 3.16. The Morgan fingerprint density at radius 1 is 1.28 bits per heavy atom. The fraction of sp³-hybridized carbons (Fsp3) is 0.500. The summed E-state index contributed by atoms with van der Waals surface area (Å²) in [4.78, 5) is 24.3. The number of nitrogens with one attached hydrogen (secondary N) is 1. The number of esters is 1. The molecule has 1 N–H and O–H groups in total. The molecule has 0 aromatic heterocycles. The van der Waals surface area contributed by atoms with Crippen molar-refractivity contribution in [3.63, 3.8) is 0 Å². The second kappa shape index (κ2) is 9.87. The minimum absolute atomic E-state index is 0.266. The summed E-state index contributed by atoms with van der Waals surface area (Å²) in [6, 6.07) is 6.46. The van der Waals surface area contributed by atoms with Crippen LogP contribution in [0.4, 0.5) is 5.69 Å². The molecule has 0 heterocycles. The van der Waals surface area contributed by atoms with E-state index in [1.54, 1.807) is 33.1 Å². The number of hydrogen-bond donors (Lipinski definition) is 1. The van der Waals surface area contributed by atoms with E-state index in [-0.39, 0.29) is 6.61 Å². The molecule has 0 radical (unpaired) electrons. The number of carbonyl (C=O) groups excluding carboxylic acids is 2. The van der Waals surface area contributed by atoms with Gasteiger partial charge in [0.2, 0.25) is 0 Å². The van der Waals surface area contributed by atoms with Gasteiger partial charge in [-0.3, -0.25) is 0 Å². The van der Waals surface area contributed by atoms with Crippen molar-refractivity contribution in [2.45, 2.75) is 46.6 Å². The van der Waals surface area contributed by atoms with Crippen molar-refractivity contribution in [2.75, 3.05) is 19.0 Å². The smallest absolute Gasteiger partial charge is 0.329 e. The van der Waals surface area contributed by atoms with Crippen molar-refractivity contribution < 1.29 is 19.1 Å². The Hall–Kier alpha value is -2.30. The van der Waals surface area contributed by atoms with Crippen LogP contribution in [0.15, 0.2) is 35.9 Å². The van der Waals surface area contributed by atoms with Crippen molar-refractivity contribution in [1.29, 1.82) is 0 Å². The maximum absolute atomic E-state index is 12.5. The standard InChI is InChI=1S/C20H29NO4/c1-6-25-19(23)18(20(4,14-22)13-7-8-15(2)3)21-16-9-11-17(24-5)12-10-16/h8-12,14,18,21H,6-7,13H2,1-5H3/t18-,20-/m1/s1. The lowest BCUT2D eigenvalue weighted by atomic mass is 9.79. The summed E-state index contributed by atoms with van der Waals surface area (Å²) in [6.45, 7) is 7.83. The van der Waals surface area contributed by atoms with Gasteiger partial charge in [0.25, 0.3) is 0 Å². The number of allylic oxidation sites excluding steroid dienone is 2.